The standard InChI is InChI=1S/C25H30N2O3.ClH/c28-24(19-10-11-19)26-18-25(20-6-2-1-3-7-20)12-14-27(15-13-25)16-21-17-29-22-8-4-5-9-23(22)30-21;/h1-9,19,21H,10-18H2,(H,26,28);1H. The van der Waals surface area contributed by atoms with Crippen LogP contribution in [0.15, 0.2) is 54.6 Å². The van der Waals surface area contributed by atoms with E-state index in [2.05, 4.69) is 40.5 Å². The van der Waals surface area contributed by atoms with Gasteiger partial charge in [-0.15, -0.1) is 12.4 Å². The highest BCUT2D eigenvalue weighted by Crippen LogP contribution is 2.37. The monoisotopic (exact) mass is 442 g/mol. The van der Waals surface area contributed by atoms with Gasteiger partial charge < -0.3 is 14.8 Å². The van der Waals surface area contributed by atoms with Crippen molar-refractivity contribution in [3.8, 4) is 11.5 Å². The number of para-hydroxylation sites is 2. The van der Waals surface area contributed by atoms with Crippen LogP contribution in [0.4, 0.5) is 0 Å². The van der Waals surface area contributed by atoms with E-state index in [9.17, 15) is 4.79 Å². The Balaban J connectivity index is 0.00000231. The van der Waals surface area contributed by atoms with Crippen LogP contribution in [0.2, 0.25) is 0 Å². The molecule has 1 aliphatic carbocycles. The lowest BCUT2D eigenvalue weighted by Gasteiger charge is -2.43. The highest BCUT2D eigenvalue weighted by Gasteiger charge is 2.39. The zero-order valence-corrected chi connectivity index (χ0v) is 18.6. The first kappa shape index (κ1) is 22.0. The van der Waals surface area contributed by atoms with Gasteiger partial charge in [0.1, 0.15) is 12.7 Å². The Bertz CT molecular complexity index is 879. The molecule has 2 aromatic rings. The quantitative estimate of drug-likeness (QED) is 0.739. The topological polar surface area (TPSA) is 50.8 Å². The Kier molecular flexibility index (Phi) is 6.73. The summed E-state index contributed by atoms with van der Waals surface area (Å²) in [5, 5.41) is 3.26. The number of fused-ring (bicyclic) bond motifs is 1. The van der Waals surface area contributed by atoms with Gasteiger partial charge in [-0.25, -0.2) is 0 Å². The predicted molar refractivity (Wildman–Crippen MR) is 123 cm³/mol. The number of halogens is 1. The second-order valence-corrected chi connectivity index (χ2v) is 8.94. The Hall–Kier alpha value is -2.24. The highest BCUT2D eigenvalue weighted by atomic mass is 35.5. The molecule has 2 fully saturated rings. The molecule has 1 saturated carbocycles. The number of benzene rings is 2. The first-order valence-electron chi connectivity index (χ1n) is 11.2. The van der Waals surface area contributed by atoms with E-state index < -0.39 is 0 Å². The molecule has 166 valence electrons. The van der Waals surface area contributed by atoms with Gasteiger partial charge in [-0.2, -0.15) is 0 Å². The van der Waals surface area contributed by atoms with Crippen LogP contribution in [0.25, 0.3) is 0 Å². The minimum Gasteiger partial charge on any atom is -0.486 e. The summed E-state index contributed by atoms with van der Waals surface area (Å²) < 4.78 is 12.0. The number of carbonyl (C=O) groups excluding carboxylic acids is 1. The lowest BCUT2D eigenvalue weighted by Crippen LogP contribution is -2.51. The van der Waals surface area contributed by atoms with Crippen molar-refractivity contribution in [1.29, 1.82) is 0 Å². The molecule has 6 heteroatoms. The van der Waals surface area contributed by atoms with E-state index in [4.69, 9.17) is 9.47 Å². The third kappa shape index (κ3) is 4.99. The van der Waals surface area contributed by atoms with Crippen LogP contribution in [0, 0.1) is 5.92 Å². The van der Waals surface area contributed by atoms with Gasteiger partial charge in [0.15, 0.2) is 11.5 Å². The van der Waals surface area contributed by atoms with Crippen LogP contribution in [0.3, 0.4) is 0 Å². The summed E-state index contributed by atoms with van der Waals surface area (Å²) in [4.78, 5) is 14.8. The number of nitrogens with zero attached hydrogens (tertiary/aromatic N) is 1. The van der Waals surface area contributed by atoms with E-state index in [0.29, 0.717) is 6.61 Å². The van der Waals surface area contributed by atoms with Crippen LogP contribution in [-0.2, 0) is 10.2 Å². The van der Waals surface area contributed by atoms with Gasteiger partial charge in [0, 0.05) is 24.4 Å². The van der Waals surface area contributed by atoms with Crippen molar-refractivity contribution in [3.63, 3.8) is 0 Å². The minimum atomic E-state index is 0. The third-order valence-corrected chi connectivity index (χ3v) is 6.78. The molecule has 0 aromatic heterocycles. The average molecular weight is 443 g/mol. The number of likely N-dealkylation sites (tertiary alicyclic amines) is 1. The molecule has 1 saturated heterocycles. The number of nitrogens with one attached hydrogen (secondary N) is 1. The molecule has 0 spiro atoms. The van der Waals surface area contributed by atoms with E-state index in [1.54, 1.807) is 0 Å². The van der Waals surface area contributed by atoms with Crippen molar-refractivity contribution in [1.82, 2.24) is 10.2 Å². The van der Waals surface area contributed by atoms with Gasteiger partial charge in [-0.3, -0.25) is 9.69 Å². The number of hydrogen-bond acceptors (Lipinski definition) is 4. The minimum absolute atomic E-state index is 0. The van der Waals surface area contributed by atoms with Crippen molar-refractivity contribution < 1.29 is 14.3 Å². The van der Waals surface area contributed by atoms with Crippen LogP contribution >= 0.6 is 12.4 Å². The SMILES string of the molecule is Cl.O=C(NCC1(c2ccccc2)CCN(CC2COc3ccccc3O2)CC1)C1CC1. The number of hydrogen-bond donors (Lipinski definition) is 1. The van der Waals surface area contributed by atoms with Crippen molar-refractivity contribution in [2.45, 2.75) is 37.2 Å². The maximum absolute atomic E-state index is 12.3. The van der Waals surface area contributed by atoms with Crippen LogP contribution in [0.1, 0.15) is 31.2 Å². The van der Waals surface area contributed by atoms with Gasteiger partial charge in [0.25, 0.3) is 0 Å². The summed E-state index contributed by atoms with van der Waals surface area (Å²) in [6, 6.07) is 18.6. The third-order valence-electron chi connectivity index (χ3n) is 6.78. The Morgan fingerprint density at radius 2 is 1.68 bits per heavy atom. The van der Waals surface area contributed by atoms with E-state index in [-0.39, 0.29) is 35.8 Å². The van der Waals surface area contributed by atoms with Gasteiger partial charge in [0.05, 0.1) is 0 Å². The van der Waals surface area contributed by atoms with E-state index in [1.165, 1.54) is 5.56 Å². The number of carbonyl (C=O) groups is 1. The normalized spacial score (nSPS) is 22.3. The molecule has 2 aliphatic heterocycles. The molecular weight excluding hydrogens is 412 g/mol. The van der Waals surface area contributed by atoms with Gasteiger partial charge in [0.2, 0.25) is 5.91 Å². The first-order valence-corrected chi connectivity index (χ1v) is 11.2. The fraction of sp³-hybridized carbons (Fsp3) is 0.480. The largest absolute Gasteiger partial charge is 0.486 e. The maximum Gasteiger partial charge on any atom is 0.223 e. The number of amides is 1. The lowest BCUT2D eigenvalue weighted by atomic mass is 9.72. The van der Waals surface area contributed by atoms with Crippen molar-refractivity contribution in [2.24, 2.45) is 5.92 Å². The zero-order chi connectivity index (χ0) is 20.4. The molecule has 5 rings (SSSR count). The van der Waals surface area contributed by atoms with E-state index in [0.717, 1.165) is 63.4 Å². The van der Waals surface area contributed by atoms with Crippen LogP contribution in [-0.4, -0.2) is 49.7 Å². The molecule has 31 heavy (non-hydrogen) atoms. The molecule has 1 N–H and O–H groups in total. The molecule has 2 heterocycles. The number of piperidine rings is 1. The lowest BCUT2D eigenvalue weighted by molar-refractivity contribution is -0.122. The second-order valence-electron chi connectivity index (χ2n) is 8.94. The summed E-state index contributed by atoms with van der Waals surface area (Å²) in [6.07, 6.45) is 4.21. The van der Waals surface area contributed by atoms with Crippen molar-refractivity contribution in [3.05, 3.63) is 60.2 Å². The molecule has 3 aliphatic rings. The molecule has 1 atom stereocenters. The summed E-state index contributed by atoms with van der Waals surface area (Å²) in [7, 11) is 0. The summed E-state index contributed by atoms with van der Waals surface area (Å²) in [5.41, 5.74) is 1.35. The molecule has 0 bridgehead atoms. The Morgan fingerprint density at radius 3 is 2.39 bits per heavy atom. The fourth-order valence-electron chi connectivity index (χ4n) is 4.71. The first-order chi connectivity index (χ1) is 14.7. The van der Waals surface area contributed by atoms with Gasteiger partial charge in [-0.1, -0.05) is 42.5 Å². The number of ether oxygens (including phenoxy) is 2. The average Bonchev–Trinajstić information content (AvgIpc) is 3.65. The van der Waals surface area contributed by atoms with Crippen molar-refractivity contribution in [2.75, 3.05) is 32.8 Å². The van der Waals surface area contributed by atoms with Gasteiger partial charge in [-0.05, 0) is 56.5 Å². The number of rotatable bonds is 6. The predicted octanol–water partition coefficient (Wildman–Crippen LogP) is 3.81. The maximum atomic E-state index is 12.3. The Labute approximate surface area is 190 Å². The van der Waals surface area contributed by atoms with E-state index in [1.807, 2.05) is 24.3 Å². The molecule has 5 nitrogen and oxygen atoms in total. The molecule has 2 aromatic carbocycles. The van der Waals surface area contributed by atoms with Crippen LogP contribution in [0.5, 0.6) is 11.5 Å². The zero-order valence-electron chi connectivity index (χ0n) is 17.8. The van der Waals surface area contributed by atoms with Crippen LogP contribution < -0.4 is 14.8 Å². The summed E-state index contributed by atoms with van der Waals surface area (Å²) in [6.45, 7) is 4.18. The Morgan fingerprint density at radius 1 is 1.00 bits per heavy atom. The fourth-order valence-corrected chi connectivity index (χ4v) is 4.71. The highest BCUT2D eigenvalue weighted by molar-refractivity contribution is 5.85. The smallest absolute Gasteiger partial charge is 0.223 e. The van der Waals surface area contributed by atoms with Gasteiger partial charge >= 0.3 is 0 Å². The van der Waals surface area contributed by atoms with E-state index >= 15 is 0 Å². The van der Waals surface area contributed by atoms with Crippen molar-refractivity contribution >= 4 is 18.3 Å². The molecule has 0 radical (unpaired) electrons. The summed E-state index contributed by atoms with van der Waals surface area (Å²) in [5.74, 6) is 2.16. The molecule has 1 amide bonds. The molecular formula is C25H31ClN2O3. The second kappa shape index (κ2) is 9.49. The molecule has 1 unspecified atom stereocenters. The summed E-state index contributed by atoms with van der Waals surface area (Å²) >= 11 is 0.